The third-order valence-electron chi connectivity index (χ3n) is 6.12. The number of carbonyl (C=O) groups excluding carboxylic acids is 1. The molecular weight excluding hydrogens is 452 g/mol. The first-order valence-electron chi connectivity index (χ1n) is 11.3. The van der Waals surface area contributed by atoms with Crippen LogP contribution in [-0.2, 0) is 13.0 Å². The average Bonchev–Trinajstić information content (AvgIpc) is 3.15. The Morgan fingerprint density at radius 2 is 2.00 bits per heavy atom. The zero-order chi connectivity index (χ0) is 24.4. The monoisotopic (exact) mass is 480 g/mol. The summed E-state index contributed by atoms with van der Waals surface area (Å²) in [7, 11) is 0. The zero-order valence-corrected chi connectivity index (χ0v) is 19.1. The molecule has 7 nitrogen and oxygen atoms in total. The maximum Gasteiger partial charge on any atom is 0.318 e. The molecule has 1 aromatic carbocycles. The van der Waals surface area contributed by atoms with Crippen molar-refractivity contribution in [2.24, 2.45) is 0 Å². The number of halogens is 4. The van der Waals surface area contributed by atoms with E-state index >= 15 is 0 Å². The molecule has 4 rings (SSSR count). The van der Waals surface area contributed by atoms with Gasteiger partial charge in [0.2, 0.25) is 5.95 Å². The molecule has 0 aliphatic carbocycles. The number of anilines is 1. The Bertz CT molecular complexity index is 1040. The van der Waals surface area contributed by atoms with Gasteiger partial charge in [-0.15, -0.1) is 0 Å². The van der Waals surface area contributed by atoms with E-state index in [1.807, 2.05) is 13.8 Å². The fourth-order valence-electron chi connectivity index (χ4n) is 4.51. The highest BCUT2D eigenvalue weighted by atomic mass is 19.3. The van der Waals surface area contributed by atoms with Crippen molar-refractivity contribution in [3.8, 4) is 0 Å². The fourth-order valence-corrected chi connectivity index (χ4v) is 4.51. The number of nitrogens with zero attached hydrogens (tertiary/aromatic N) is 4. The predicted molar refractivity (Wildman–Crippen MR) is 119 cm³/mol. The third kappa shape index (κ3) is 5.57. The van der Waals surface area contributed by atoms with Crippen molar-refractivity contribution in [2.75, 3.05) is 31.5 Å². The van der Waals surface area contributed by atoms with Gasteiger partial charge in [-0.1, -0.05) is 6.07 Å². The van der Waals surface area contributed by atoms with Crippen LogP contribution in [0.2, 0.25) is 0 Å². The average molecular weight is 481 g/mol. The Kier molecular flexibility index (Phi) is 7.20. The van der Waals surface area contributed by atoms with Gasteiger partial charge in [0.15, 0.2) is 11.6 Å². The molecule has 34 heavy (non-hydrogen) atoms. The summed E-state index contributed by atoms with van der Waals surface area (Å²) in [5.74, 6) is -1.94. The smallest absolute Gasteiger partial charge is 0.318 e. The molecule has 184 valence electrons. The number of amides is 2. The lowest BCUT2D eigenvalue weighted by Gasteiger charge is -2.30. The highest BCUT2D eigenvalue weighted by Crippen LogP contribution is 2.30. The van der Waals surface area contributed by atoms with Crippen LogP contribution in [0.1, 0.15) is 36.6 Å². The first-order valence-corrected chi connectivity index (χ1v) is 11.3. The molecule has 2 aliphatic heterocycles. The zero-order valence-electron chi connectivity index (χ0n) is 19.1. The Balaban J connectivity index is 1.48. The lowest BCUT2D eigenvalue weighted by molar-refractivity contribution is 0.0982. The van der Waals surface area contributed by atoms with Gasteiger partial charge in [0, 0.05) is 37.8 Å². The van der Waals surface area contributed by atoms with Crippen molar-refractivity contribution in [3.63, 3.8) is 0 Å². The molecule has 2 atom stereocenters. The standard InChI is InChI=1S/C23H28F4N6O/c1-13(2)29-22-28-8-15-5-6-33(11-19(15)30-22)23(34)31-20-10-32(12-21(26)27)9-16(20)14-3-4-17(24)18(25)7-14/h3-4,7-8,13,16,20-21H,5-6,9-12H2,1-2H3,(H,31,34)(H,28,29,30)/t16-,20+/m0/s1. The van der Waals surface area contributed by atoms with Crippen LogP contribution in [0.25, 0.3) is 0 Å². The summed E-state index contributed by atoms with van der Waals surface area (Å²) in [5, 5.41) is 6.08. The van der Waals surface area contributed by atoms with Gasteiger partial charge in [-0.05, 0) is 43.5 Å². The number of fused-ring (bicyclic) bond motifs is 1. The first kappa shape index (κ1) is 24.2. The molecule has 2 N–H and O–H groups in total. The Labute approximate surface area is 195 Å². The molecule has 2 aromatic rings. The number of urea groups is 1. The minimum absolute atomic E-state index is 0.160. The van der Waals surface area contributed by atoms with E-state index in [9.17, 15) is 22.4 Å². The Morgan fingerprint density at radius 1 is 1.21 bits per heavy atom. The van der Waals surface area contributed by atoms with Crippen molar-refractivity contribution in [1.29, 1.82) is 0 Å². The van der Waals surface area contributed by atoms with Gasteiger partial charge in [-0.25, -0.2) is 32.3 Å². The van der Waals surface area contributed by atoms with Gasteiger partial charge in [0.1, 0.15) is 0 Å². The van der Waals surface area contributed by atoms with E-state index < -0.39 is 36.6 Å². The van der Waals surface area contributed by atoms with Crippen LogP contribution in [0.15, 0.2) is 24.4 Å². The molecule has 1 aromatic heterocycles. The van der Waals surface area contributed by atoms with E-state index in [2.05, 4.69) is 20.6 Å². The van der Waals surface area contributed by atoms with Gasteiger partial charge in [0.05, 0.1) is 24.8 Å². The van der Waals surface area contributed by atoms with Crippen molar-refractivity contribution in [1.82, 2.24) is 25.1 Å². The second kappa shape index (κ2) is 10.1. The van der Waals surface area contributed by atoms with Gasteiger partial charge in [-0.3, -0.25) is 4.90 Å². The highest BCUT2D eigenvalue weighted by Gasteiger charge is 2.37. The van der Waals surface area contributed by atoms with Crippen molar-refractivity contribution < 1.29 is 22.4 Å². The third-order valence-corrected chi connectivity index (χ3v) is 6.12. The second-order valence-corrected chi connectivity index (χ2v) is 9.08. The van der Waals surface area contributed by atoms with Crippen molar-refractivity contribution in [2.45, 2.75) is 51.2 Å². The summed E-state index contributed by atoms with van der Waals surface area (Å²) in [5.41, 5.74) is 2.19. The van der Waals surface area contributed by atoms with Crippen LogP contribution < -0.4 is 10.6 Å². The molecular formula is C23H28F4N6O. The summed E-state index contributed by atoms with van der Waals surface area (Å²) in [6.45, 7) is 4.65. The normalized spacial score (nSPS) is 20.6. The number of likely N-dealkylation sites (tertiary alicyclic amines) is 1. The number of alkyl halides is 2. The van der Waals surface area contributed by atoms with E-state index in [0.29, 0.717) is 31.0 Å². The summed E-state index contributed by atoms with van der Waals surface area (Å²) >= 11 is 0. The predicted octanol–water partition coefficient (Wildman–Crippen LogP) is 3.38. The summed E-state index contributed by atoms with van der Waals surface area (Å²) < 4.78 is 53.3. The van der Waals surface area contributed by atoms with E-state index in [4.69, 9.17) is 0 Å². The van der Waals surface area contributed by atoms with E-state index in [1.165, 1.54) is 11.0 Å². The maximum absolute atomic E-state index is 13.9. The second-order valence-electron chi connectivity index (χ2n) is 9.08. The lowest BCUT2D eigenvalue weighted by atomic mass is 9.94. The van der Waals surface area contributed by atoms with Gasteiger partial charge in [-0.2, -0.15) is 0 Å². The number of aromatic nitrogens is 2. The topological polar surface area (TPSA) is 73.4 Å². The van der Waals surface area contributed by atoms with Crippen molar-refractivity contribution >= 4 is 12.0 Å². The number of carbonyl (C=O) groups is 1. The molecule has 3 heterocycles. The minimum Gasteiger partial charge on any atom is -0.352 e. The molecule has 2 aliphatic rings. The summed E-state index contributed by atoms with van der Waals surface area (Å²) in [4.78, 5) is 25.1. The number of rotatable bonds is 6. The quantitative estimate of drug-likeness (QED) is 0.621. The van der Waals surface area contributed by atoms with E-state index in [-0.39, 0.29) is 25.2 Å². The molecule has 0 saturated carbocycles. The first-order chi connectivity index (χ1) is 16.2. The van der Waals surface area contributed by atoms with Crippen molar-refractivity contribution in [3.05, 3.63) is 52.9 Å². The molecule has 11 heteroatoms. The van der Waals surface area contributed by atoms with Gasteiger partial charge in [0.25, 0.3) is 6.43 Å². The minimum atomic E-state index is -2.54. The summed E-state index contributed by atoms with van der Waals surface area (Å²) in [6, 6.07) is 2.81. The van der Waals surface area contributed by atoms with Crippen LogP contribution in [0.5, 0.6) is 0 Å². The molecule has 0 spiro atoms. The van der Waals surface area contributed by atoms with Crippen LogP contribution >= 0.6 is 0 Å². The molecule has 0 radical (unpaired) electrons. The maximum atomic E-state index is 13.9. The number of hydrogen-bond donors (Lipinski definition) is 2. The summed E-state index contributed by atoms with van der Waals surface area (Å²) in [6.07, 6.45) is -0.174. The number of hydrogen-bond acceptors (Lipinski definition) is 5. The van der Waals surface area contributed by atoms with Crippen LogP contribution in [0.3, 0.4) is 0 Å². The largest absolute Gasteiger partial charge is 0.352 e. The van der Waals surface area contributed by atoms with Gasteiger partial charge < -0.3 is 15.5 Å². The highest BCUT2D eigenvalue weighted by molar-refractivity contribution is 5.75. The lowest BCUT2D eigenvalue weighted by Crippen LogP contribution is -2.49. The fraction of sp³-hybridized carbons (Fsp3) is 0.522. The molecule has 1 saturated heterocycles. The number of nitrogens with one attached hydrogen (secondary N) is 2. The van der Waals surface area contributed by atoms with Crippen LogP contribution in [0.4, 0.5) is 28.3 Å². The van der Waals surface area contributed by atoms with Crippen LogP contribution in [0, 0.1) is 11.6 Å². The Morgan fingerprint density at radius 3 is 2.71 bits per heavy atom. The number of benzene rings is 1. The van der Waals surface area contributed by atoms with E-state index in [1.54, 1.807) is 11.1 Å². The Hall–Kier alpha value is -2.95. The molecule has 1 fully saturated rings. The SMILES string of the molecule is CC(C)Nc1ncc2c(n1)CN(C(=O)N[C@@H]1CN(CC(F)F)C[C@H]1c1ccc(F)c(F)c1)CC2. The van der Waals surface area contributed by atoms with Crippen LogP contribution in [-0.4, -0.2) is 70.5 Å². The molecule has 2 amide bonds. The van der Waals surface area contributed by atoms with E-state index in [0.717, 1.165) is 23.4 Å². The molecule has 0 bridgehead atoms. The molecule has 0 unspecified atom stereocenters. The van der Waals surface area contributed by atoms with Gasteiger partial charge >= 0.3 is 6.03 Å².